The Kier molecular flexibility index (Phi) is 3.16. The number of fused-ring (bicyclic) bond motifs is 1. The van der Waals surface area contributed by atoms with E-state index in [2.05, 4.69) is 35.6 Å². The number of amides is 1. The number of thiophene rings is 1. The first-order valence-corrected chi connectivity index (χ1v) is 8.46. The predicted molar refractivity (Wildman–Crippen MR) is 89.9 cm³/mol. The van der Waals surface area contributed by atoms with Gasteiger partial charge in [0.05, 0.1) is 24.0 Å². The van der Waals surface area contributed by atoms with Gasteiger partial charge in [-0.1, -0.05) is 0 Å². The topological polar surface area (TPSA) is 43.1 Å². The number of hydrogen-bond acceptors (Lipinski definition) is 3. The highest BCUT2D eigenvalue weighted by atomic mass is 32.1. The van der Waals surface area contributed by atoms with Gasteiger partial charge >= 0.3 is 0 Å². The standard InChI is InChI=1S/C17H18N4OS/c1-11-4-5-12(2)21(11)17-14(6-7-23-17)16(22)20-9-13-8-18-19(3)15(13)10-20/h4-8H,9-10H2,1-3H3. The quantitative estimate of drug-likeness (QED) is 0.726. The fourth-order valence-corrected chi connectivity index (χ4v) is 4.24. The average Bonchev–Trinajstić information content (AvgIpc) is 3.26. The van der Waals surface area contributed by atoms with Crippen LogP contribution in [0.3, 0.4) is 0 Å². The molecule has 0 unspecified atom stereocenters. The molecule has 118 valence electrons. The highest BCUT2D eigenvalue weighted by Gasteiger charge is 2.29. The summed E-state index contributed by atoms with van der Waals surface area (Å²) < 4.78 is 4.01. The van der Waals surface area contributed by atoms with E-state index in [4.69, 9.17) is 0 Å². The molecule has 0 aromatic carbocycles. The molecule has 3 aromatic heterocycles. The van der Waals surface area contributed by atoms with Crippen molar-refractivity contribution in [1.82, 2.24) is 19.2 Å². The molecule has 0 atom stereocenters. The number of carbonyl (C=O) groups is 1. The van der Waals surface area contributed by atoms with Crippen molar-refractivity contribution in [2.24, 2.45) is 7.05 Å². The summed E-state index contributed by atoms with van der Waals surface area (Å²) in [4.78, 5) is 14.9. The molecule has 0 bridgehead atoms. The lowest BCUT2D eigenvalue weighted by Gasteiger charge is -2.17. The van der Waals surface area contributed by atoms with Crippen molar-refractivity contribution in [1.29, 1.82) is 0 Å². The molecular formula is C17H18N4OS. The molecule has 5 nitrogen and oxygen atoms in total. The van der Waals surface area contributed by atoms with Gasteiger partial charge in [0, 0.05) is 30.5 Å². The van der Waals surface area contributed by atoms with Gasteiger partial charge in [-0.15, -0.1) is 11.3 Å². The van der Waals surface area contributed by atoms with Crippen LogP contribution in [0.25, 0.3) is 5.00 Å². The second kappa shape index (κ2) is 5.09. The van der Waals surface area contributed by atoms with Crippen LogP contribution in [-0.2, 0) is 20.1 Å². The van der Waals surface area contributed by atoms with Gasteiger partial charge in [-0.05, 0) is 37.4 Å². The number of hydrogen-bond donors (Lipinski definition) is 0. The summed E-state index contributed by atoms with van der Waals surface area (Å²) in [7, 11) is 1.93. The van der Waals surface area contributed by atoms with Gasteiger partial charge in [-0.25, -0.2) is 0 Å². The van der Waals surface area contributed by atoms with Gasteiger partial charge in [0.15, 0.2) is 0 Å². The maximum atomic E-state index is 13.0. The SMILES string of the molecule is Cc1ccc(C)n1-c1sccc1C(=O)N1Cc2cnn(C)c2C1. The zero-order valence-corrected chi connectivity index (χ0v) is 14.2. The van der Waals surface area contributed by atoms with E-state index in [1.165, 1.54) is 0 Å². The average molecular weight is 326 g/mol. The Morgan fingerprint density at radius 3 is 2.61 bits per heavy atom. The summed E-state index contributed by atoms with van der Waals surface area (Å²) in [5.41, 5.74) is 5.34. The third kappa shape index (κ3) is 2.13. The molecule has 4 heterocycles. The van der Waals surface area contributed by atoms with Crippen LogP contribution in [0.1, 0.15) is 33.0 Å². The molecule has 3 aromatic rings. The third-order valence-electron chi connectivity index (χ3n) is 4.49. The molecule has 0 aliphatic carbocycles. The first-order valence-electron chi connectivity index (χ1n) is 7.58. The van der Waals surface area contributed by atoms with Crippen molar-refractivity contribution < 1.29 is 4.79 Å². The molecule has 1 amide bonds. The monoisotopic (exact) mass is 326 g/mol. The maximum Gasteiger partial charge on any atom is 0.257 e. The molecule has 0 saturated carbocycles. The summed E-state index contributed by atoms with van der Waals surface area (Å²) in [5.74, 6) is 0.0879. The minimum atomic E-state index is 0.0879. The molecule has 0 spiro atoms. The Morgan fingerprint density at radius 1 is 1.17 bits per heavy atom. The van der Waals surface area contributed by atoms with E-state index in [9.17, 15) is 4.79 Å². The lowest BCUT2D eigenvalue weighted by atomic mass is 10.2. The van der Waals surface area contributed by atoms with E-state index in [0.717, 1.165) is 33.2 Å². The molecule has 0 saturated heterocycles. The van der Waals surface area contributed by atoms with Crippen LogP contribution < -0.4 is 0 Å². The number of aryl methyl sites for hydroxylation is 3. The normalized spacial score (nSPS) is 13.6. The molecule has 4 rings (SSSR count). The van der Waals surface area contributed by atoms with Gasteiger partial charge in [0.1, 0.15) is 5.00 Å². The van der Waals surface area contributed by atoms with Gasteiger partial charge in [-0.2, -0.15) is 5.10 Å². The fraction of sp³-hybridized carbons (Fsp3) is 0.294. The summed E-state index contributed by atoms with van der Waals surface area (Å²) in [5, 5.41) is 7.25. The van der Waals surface area contributed by atoms with E-state index in [1.807, 2.05) is 34.3 Å². The second-order valence-electron chi connectivity index (χ2n) is 5.99. The van der Waals surface area contributed by atoms with Crippen molar-refractivity contribution in [2.45, 2.75) is 26.9 Å². The Bertz CT molecular complexity index is 882. The zero-order valence-electron chi connectivity index (χ0n) is 13.4. The lowest BCUT2D eigenvalue weighted by Crippen LogP contribution is -2.26. The lowest BCUT2D eigenvalue weighted by molar-refractivity contribution is 0.0749. The van der Waals surface area contributed by atoms with Gasteiger partial charge in [0.2, 0.25) is 0 Å². The zero-order chi connectivity index (χ0) is 16.1. The molecule has 6 heteroatoms. The minimum Gasteiger partial charge on any atom is -0.328 e. The molecular weight excluding hydrogens is 308 g/mol. The third-order valence-corrected chi connectivity index (χ3v) is 5.38. The first kappa shape index (κ1) is 14.3. The van der Waals surface area contributed by atoms with E-state index in [1.54, 1.807) is 11.3 Å². The number of nitrogens with zero attached hydrogens (tertiary/aromatic N) is 4. The first-order chi connectivity index (χ1) is 11.1. The Morgan fingerprint density at radius 2 is 1.91 bits per heavy atom. The Hall–Kier alpha value is -2.34. The van der Waals surface area contributed by atoms with Crippen molar-refractivity contribution in [3.8, 4) is 5.00 Å². The van der Waals surface area contributed by atoms with E-state index in [0.29, 0.717) is 13.1 Å². The van der Waals surface area contributed by atoms with Gasteiger partial charge < -0.3 is 9.47 Å². The summed E-state index contributed by atoms with van der Waals surface area (Å²) in [6, 6.07) is 6.10. The number of rotatable bonds is 2. The fourth-order valence-electron chi connectivity index (χ4n) is 3.23. The van der Waals surface area contributed by atoms with Crippen LogP contribution in [0.2, 0.25) is 0 Å². The molecule has 0 radical (unpaired) electrons. The maximum absolute atomic E-state index is 13.0. The molecule has 0 N–H and O–H groups in total. The summed E-state index contributed by atoms with van der Waals surface area (Å²) in [6.45, 7) is 5.40. The van der Waals surface area contributed by atoms with Gasteiger partial charge in [-0.3, -0.25) is 9.48 Å². The van der Waals surface area contributed by atoms with E-state index >= 15 is 0 Å². The van der Waals surface area contributed by atoms with Crippen LogP contribution in [0.4, 0.5) is 0 Å². The molecule has 1 aliphatic rings. The second-order valence-corrected chi connectivity index (χ2v) is 6.89. The van der Waals surface area contributed by atoms with Gasteiger partial charge in [0.25, 0.3) is 5.91 Å². The van der Waals surface area contributed by atoms with E-state index in [-0.39, 0.29) is 5.91 Å². The van der Waals surface area contributed by atoms with Crippen LogP contribution in [-0.4, -0.2) is 25.2 Å². The Balaban J connectivity index is 1.68. The summed E-state index contributed by atoms with van der Waals surface area (Å²) in [6.07, 6.45) is 1.86. The number of carbonyl (C=O) groups excluding carboxylic acids is 1. The Labute approximate surface area is 138 Å². The van der Waals surface area contributed by atoms with Crippen molar-refractivity contribution >= 4 is 17.2 Å². The van der Waals surface area contributed by atoms with Crippen LogP contribution in [0.5, 0.6) is 0 Å². The number of aromatic nitrogens is 3. The van der Waals surface area contributed by atoms with Crippen molar-refractivity contribution in [2.75, 3.05) is 0 Å². The highest BCUT2D eigenvalue weighted by molar-refractivity contribution is 7.13. The molecule has 23 heavy (non-hydrogen) atoms. The van der Waals surface area contributed by atoms with Crippen LogP contribution in [0, 0.1) is 13.8 Å². The van der Waals surface area contributed by atoms with Crippen molar-refractivity contribution in [3.63, 3.8) is 0 Å². The predicted octanol–water partition coefficient (Wildman–Crippen LogP) is 3.05. The molecule has 1 aliphatic heterocycles. The van der Waals surface area contributed by atoms with Crippen LogP contribution in [0.15, 0.2) is 29.8 Å². The molecule has 0 fully saturated rings. The summed E-state index contributed by atoms with van der Waals surface area (Å²) >= 11 is 1.61. The minimum absolute atomic E-state index is 0.0879. The van der Waals surface area contributed by atoms with Crippen LogP contribution >= 0.6 is 11.3 Å². The largest absolute Gasteiger partial charge is 0.328 e. The van der Waals surface area contributed by atoms with Crippen molar-refractivity contribution in [3.05, 3.63) is 58.0 Å². The smallest absolute Gasteiger partial charge is 0.257 e. The highest BCUT2D eigenvalue weighted by Crippen LogP contribution is 2.30. The van der Waals surface area contributed by atoms with E-state index < -0.39 is 0 Å².